The summed E-state index contributed by atoms with van der Waals surface area (Å²) in [6.45, 7) is 3.59. The van der Waals surface area contributed by atoms with Gasteiger partial charge < -0.3 is 10.5 Å². The Morgan fingerprint density at radius 2 is 1.75 bits per heavy atom. The first-order valence-electron chi connectivity index (χ1n) is 5.70. The van der Waals surface area contributed by atoms with Gasteiger partial charge in [0.2, 0.25) is 5.88 Å². The lowest BCUT2D eigenvalue weighted by Crippen LogP contribution is -2.16. The Hall–Kier alpha value is -1.85. The van der Waals surface area contributed by atoms with Crippen LogP contribution in [0.3, 0.4) is 0 Å². The normalized spacial score (nSPS) is 10.4. The molecule has 0 aliphatic carbocycles. The minimum atomic E-state index is -0.136. The minimum Gasteiger partial charge on any atom is -0.437 e. The van der Waals surface area contributed by atoms with Crippen molar-refractivity contribution in [2.75, 3.05) is 0 Å². The van der Waals surface area contributed by atoms with Crippen LogP contribution in [0.25, 0.3) is 0 Å². The van der Waals surface area contributed by atoms with Crippen LogP contribution in [0.1, 0.15) is 16.8 Å². The van der Waals surface area contributed by atoms with Gasteiger partial charge in [0.1, 0.15) is 11.6 Å². The summed E-state index contributed by atoms with van der Waals surface area (Å²) in [6, 6.07) is 4.77. The number of aryl methyl sites for hydroxylation is 1. The molecule has 0 radical (unpaired) electrons. The van der Waals surface area contributed by atoms with Gasteiger partial charge in [0.15, 0.2) is 0 Å². The zero-order valence-electron chi connectivity index (χ0n) is 10.9. The number of benzene rings is 1. The van der Waals surface area contributed by atoms with Crippen molar-refractivity contribution < 1.29 is 4.74 Å². The molecule has 0 amide bonds. The van der Waals surface area contributed by atoms with Crippen LogP contribution in [0.5, 0.6) is 11.6 Å². The van der Waals surface area contributed by atoms with Crippen LogP contribution < -0.4 is 10.5 Å². The first-order chi connectivity index (χ1) is 9.38. The summed E-state index contributed by atoms with van der Waals surface area (Å²) in [4.78, 5) is 0. The molecule has 0 bridgehead atoms. The summed E-state index contributed by atoms with van der Waals surface area (Å²) in [5.74, 6) is 0.421. The molecule has 0 spiro atoms. The zero-order chi connectivity index (χ0) is 14.9. The Kier molecular flexibility index (Phi) is 4.11. The Morgan fingerprint density at radius 3 is 2.30 bits per heavy atom. The first-order valence-corrected chi connectivity index (χ1v) is 6.46. The van der Waals surface area contributed by atoms with E-state index in [0.29, 0.717) is 27.1 Å². The Bertz CT molecular complexity index is 668. The van der Waals surface area contributed by atoms with Crippen molar-refractivity contribution in [3.8, 4) is 11.6 Å². The van der Waals surface area contributed by atoms with Gasteiger partial charge in [0.25, 0.3) is 0 Å². The van der Waals surface area contributed by atoms with E-state index in [-0.39, 0.29) is 11.7 Å². The van der Waals surface area contributed by atoms with Crippen LogP contribution in [0.2, 0.25) is 10.0 Å². The number of ether oxygens (including phenoxy) is 1. The third-order valence-electron chi connectivity index (χ3n) is 2.74. The fourth-order valence-electron chi connectivity index (χ4n) is 1.67. The van der Waals surface area contributed by atoms with E-state index in [1.54, 1.807) is 32.0 Å². The lowest BCUT2D eigenvalue weighted by Gasteiger charge is -2.12. The second-order valence-corrected chi connectivity index (χ2v) is 5.08. The SMILES string of the molecule is Cc1nnc(Oc2cc(Cl)cc(Cl)c2)c(C(=N)N)c1C. The van der Waals surface area contributed by atoms with Gasteiger partial charge in [0.05, 0.1) is 11.3 Å². The molecule has 2 rings (SSSR count). The highest BCUT2D eigenvalue weighted by atomic mass is 35.5. The number of nitrogens with zero attached hydrogens (tertiary/aromatic N) is 2. The van der Waals surface area contributed by atoms with Gasteiger partial charge in [-0.05, 0) is 37.6 Å². The molecule has 0 saturated heterocycles. The summed E-state index contributed by atoms with van der Waals surface area (Å²) in [5, 5.41) is 16.4. The van der Waals surface area contributed by atoms with Crippen LogP contribution in [0.4, 0.5) is 0 Å². The number of hydrogen-bond acceptors (Lipinski definition) is 4. The van der Waals surface area contributed by atoms with E-state index < -0.39 is 0 Å². The maximum atomic E-state index is 7.64. The predicted molar refractivity (Wildman–Crippen MR) is 79.1 cm³/mol. The molecule has 0 aliphatic rings. The van der Waals surface area contributed by atoms with Crippen molar-refractivity contribution in [1.29, 1.82) is 5.41 Å². The van der Waals surface area contributed by atoms with Gasteiger partial charge >= 0.3 is 0 Å². The van der Waals surface area contributed by atoms with Gasteiger partial charge in [-0.2, -0.15) is 5.10 Å². The van der Waals surface area contributed by atoms with Crippen molar-refractivity contribution in [2.24, 2.45) is 5.73 Å². The molecule has 1 heterocycles. The van der Waals surface area contributed by atoms with Crippen molar-refractivity contribution >= 4 is 29.0 Å². The highest BCUT2D eigenvalue weighted by Gasteiger charge is 2.16. The number of rotatable bonds is 3. The monoisotopic (exact) mass is 310 g/mol. The van der Waals surface area contributed by atoms with E-state index in [2.05, 4.69) is 10.2 Å². The van der Waals surface area contributed by atoms with Crippen LogP contribution in [-0.2, 0) is 0 Å². The highest BCUT2D eigenvalue weighted by Crippen LogP contribution is 2.30. The van der Waals surface area contributed by atoms with Crippen molar-refractivity contribution in [3.63, 3.8) is 0 Å². The number of nitrogen functional groups attached to an aromatic ring is 1. The topological polar surface area (TPSA) is 84.9 Å². The maximum absolute atomic E-state index is 7.64. The van der Waals surface area contributed by atoms with Crippen LogP contribution in [0, 0.1) is 19.3 Å². The first kappa shape index (κ1) is 14.6. The summed E-state index contributed by atoms with van der Waals surface area (Å²) >= 11 is 11.8. The minimum absolute atomic E-state index is 0.136. The average molecular weight is 311 g/mol. The van der Waals surface area contributed by atoms with Crippen LogP contribution >= 0.6 is 23.2 Å². The largest absolute Gasteiger partial charge is 0.437 e. The van der Waals surface area contributed by atoms with Crippen molar-refractivity contribution in [2.45, 2.75) is 13.8 Å². The van der Waals surface area contributed by atoms with E-state index >= 15 is 0 Å². The van der Waals surface area contributed by atoms with E-state index in [1.165, 1.54) is 0 Å². The van der Waals surface area contributed by atoms with Crippen LogP contribution in [0.15, 0.2) is 18.2 Å². The quantitative estimate of drug-likeness (QED) is 0.671. The summed E-state index contributed by atoms with van der Waals surface area (Å²) in [5.41, 5.74) is 7.42. The lowest BCUT2D eigenvalue weighted by atomic mass is 10.1. The van der Waals surface area contributed by atoms with E-state index in [4.69, 9.17) is 39.1 Å². The van der Waals surface area contributed by atoms with E-state index in [1.807, 2.05) is 0 Å². The van der Waals surface area contributed by atoms with E-state index in [9.17, 15) is 0 Å². The molecule has 2 aromatic rings. The molecular formula is C13H12Cl2N4O. The summed E-state index contributed by atoms with van der Waals surface area (Å²) in [6.07, 6.45) is 0. The molecule has 1 aromatic heterocycles. The molecule has 0 atom stereocenters. The molecule has 0 saturated carbocycles. The number of hydrogen-bond donors (Lipinski definition) is 2. The van der Waals surface area contributed by atoms with E-state index in [0.717, 1.165) is 5.56 Å². The number of nitrogens with two attached hydrogens (primary N) is 1. The number of nitrogens with one attached hydrogen (secondary N) is 1. The molecule has 3 N–H and O–H groups in total. The summed E-state index contributed by atoms with van der Waals surface area (Å²) < 4.78 is 5.60. The fourth-order valence-corrected chi connectivity index (χ4v) is 2.18. The van der Waals surface area contributed by atoms with Gasteiger partial charge in [-0.3, -0.25) is 5.41 Å². The average Bonchev–Trinajstić information content (AvgIpc) is 2.32. The number of halogens is 2. The number of aromatic nitrogens is 2. The molecule has 0 aliphatic heterocycles. The second-order valence-electron chi connectivity index (χ2n) is 4.21. The predicted octanol–water partition coefficient (Wildman–Crippen LogP) is 3.48. The molecule has 0 unspecified atom stereocenters. The third kappa shape index (κ3) is 3.00. The fraction of sp³-hybridized carbons (Fsp3) is 0.154. The van der Waals surface area contributed by atoms with Gasteiger partial charge in [-0.15, -0.1) is 5.10 Å². The molecule has 0 fully saturated rings. The summed E-state index contributed by atoms with van der Waals surface area (Å²) in [7, 11) is 0. The van der Waals surface area contributed by atoms with Crippen molar-refractivity contribution in [3.05, 3.63) is 45.1 Å². The second kappa shape index (κ2) is 5.64. The molecule has 5 nitrogen and oxygen atoms in total. The molecular weight excluding hydrogens is 299 g/mol. The van der Waals surface area contributed by atoms with Crippen molar-refractivity contribution in [1.82, 2.24) is 10.2 Å². The Morgan fingerprint density at radius 1 is 1.15 bits per heavy atom. The molecule has 1 aromatic carbocycles. The Labute approximate surface area is 126 Å². The molecule has 20 heavy (non-hydrogen) atoms. The number of amidine groups is 1. The van der Waals surface area contributed by atoms with Gasteiger partial charge in [0, 0.05) is 10.0 Å². The molecule has 104 valence electrons. The standard InChI is InChI=1S/C13H12Cl2N4O/c1-6-7(2)18-19-13(11(6)12(16)17)20-10-4-8(14)3-9(15)5-10/h3-5H,1-2H3,(H3,16,17). The smallest absolute Gasteiger partial charge is 0.250 e. The third-order valence-corrected chi connectivity index (χ3v) is 3.18. The van der Waals surface area contributed by atoms with Gasteiger partial charge in [-0.1, -0.05) is 23.2 Å². The van der Waals surface area contributed by atoms with Gasteiger partial charge in [-0.25, -0.2) is 0 Å². The Balaban J connectivity index is 2.48. The highest BCUT2D eigenvalue weighted by molar-refractivity contribution is 6.34. The zero-order valence-corrected chi connectivity index (χ0v) is 12.4. The molecule has 7 heteroatoms. The van der Waals surface area contributed by atoms with Crippen LogP contribution in [-0.4, -0.2) is 16.0 Å². The lowest BCUT2D eigenvalue weighted by molar-refractivity contribution is 0.452. The maximum Gasteiger partial charge on any atom is 0.250 e.